The van der Waals surface area contributed by atoms with Gasteiger partial charge >= 0.3 is 0 Å². The molecule has 3 radical (unpaired) electrons. The summed E-state index contributed by atoms with van der Waals surface area (Å²) in [5.41, 5.74) is 0. The zero-order valence-corrected chi connectivity index (χ0v) is 6.57. The molecule has 0 saturated heterocycles. The fraction of sp³-hybridized carbons (Fsp3) is 1.00. The van der Waals surface area contributed by atoms with Crippen LogP contribution in [0.1, 0.15) is 6.42 Å². The molecule has 0 heterocycles. The Balaban J connectivity index is 2.34. The first-order valence-corrected chi connectivity index (χ1v) is 3.69. The normalized spacial score (nSPS) is 9.00. The fourth-order valence-corrected chi connectivity index (χ4v) is 0.582. The maximum Gasteiger partial charge on any atom is 0.246 e. The first kappa shape index (κ1) is 6.91. The molecule has 0 aromatic heterocycles. The monoisotopic (exact) mass is 213 g/mol. The molecule has 0 rings (SSSR count). The molecule has 0 aliphatic carbocycles. The molecule has 0 aromatic carbocycles. The van der Waals surface area contributed by atoms with Crippen molar-refractivity contribution in [2.75, 3.05) is 11.0 Å². The Labute approximate surface area is 55.1 Å². The second-order valence-corrected chi connectivity index (χ2v) is 2.26. The molecule has 0 aliphatic rings. The summed E-state index contributed by atoms with van der Waals surface area (Å²) in [4.78, 5) is 0. The van der Waals surface area contributed by atoms with Gasteiger partial charge < -0.3 is 4.43 Å². The molecule has 0 N–H and O–H groups in total. The standard InChI is InChI=1S/C3H6IOSi/c4-2-1-3-5-6/h1-3H2. The molecule has 0 unspecified atom stereocenters. The summed E-state index contributed by atoms with van der Waals surface area (Å²) in [6, 6.07) is 0. The van der Waals surface area contributed by atoms with Gasteiger partial charge in [-0.05, 0) is 6.42 Å². The van der Waals surface area contributed by atoms with Crippen LogP contribution in [0, 0.1) is 0 Å². The van der Waals surface area contributed by atoms with E-state index in [9.17, 15) is 0 Å². The lowest BCUT2D eigenvalue weighted by Crippen LogP contribution is -1.88. The van der Waals surface area contributed by atoms with Crippen LogP contribution in [0.15, 0.2) is 0 Å². The summed E-state index contributed by atoms with van der Waals surface area (Å²) < 4.78 is 5.75. The lowest BCUT2D eigenvalue weighted by Gasteiger charge is -1.88. The number of hydrogen-bond acceptors (Lipinski definition) is 1. The fourth-order valence-electron chi connectivity index (χ4n) is 0.127. The summed E-state index contributed by atoms with van der Waals surface area (Å²) in [5, 5.41) is 0. The molecule has 0 fully saturated rings. The largest absolute Gasteiger partial charge is 0.419 e. The molecule has 0 aromatic rings. The van der Waals surface area contributed by atoms with E-state index in [1.54, 1.807) is 0 Å². The Kier molecular flexibility index (Phi) is 6.80. The van der Waals surface area contributed by atoms with Crippen LogP contribution in [-0.2, 0) is 4.43 Å². The molecule has 35 valence electrons. The zero-order chi connectivity index (χ0) is 4.83. The van der Waals surface area contributed by atoms with Crippen molar-refractivity contribution in [3.05, 3.63) is 0 Å². The van der Waals surface area contributed by atoms with E-state index in [0.29, 0.717) is 0 Å². The highest BCUT2D eigenvalue weighted by molar-refractivity contribution is 14.1. The van der Waals surface area contributed by atoms with Crippen molar-refractivity contribution in [1.82, 2.24) is 0 Å². The summed E-state index contributed by atoms with van der Waals surface area (Å²) in [6.07, 6.45) is 1.13. The van der Waals surface area contributed by atoms with Crippen molar-refractivity contribution in [1.29, 1.82) is 0 Å². The summed E-state index contributed by atoms with van der Waals surface area (Å²) in [6.45, 7) is 0.819. The van der Waals surface area contributed by atoms with Crippen molar-refractivity contribution < 1.29 is 4.43 Å². The summed E-state index contributed by atoms with van der Waals surface area (Å²) in [5.74, 6) is 0. The first-order chi connectivity index (χ1) is 2.91. The lowest BCUT2D eigenvalue weighted by atomic mass is 10.5. The molecule has 0 saturated carbocycles. The van der Waals surface area contributed by atoms with Crippen LogP contribution < -0.4 is 0 Å². The minimum absolute atomic E-state index is 0.819. The highest BCUT2D eigenvalue weighted by Gasteiger charge is 1.76. The van der Waals surface area contributed by atoms with Crippen molar-refractivity contribution in [3.63, 3.8) is 0 Å². The third-order valence-corrected chi connectivity index (χ3v) is 1.35. The Morgan fingerprint density at radius 3 is 2.50 bits per heavy atom. The summed E-state index contributed by atoms with van der Waals surface area (Å²) >= 11 is 2.31. The topological polar surface area (TPSA) is 9.23 Å². The van der Waals surface area contributed by atoms with Gasteiger partial charge in [0, 0.05) is 11.0 Å². The minimum Gasteiger partial charge on any atom is -0.419 e. The number of rotatable bonds is 3. The molecule has 0 amide bonds. The van der Waals surface area contributed by atoms with Crippen LogP contribution in [0.3, 0.4) is 0 Å². The van der Waals surface area contributed by atoms with Gasteiger partial charge in [-0.2, -0.15) is 0 Å². The quantitative estimate of drug-likeness (QED) is 0.293. The maximum absolute atomic E-state index is 4.58. The van der Waals surface area contributed by atoms with Gasteiger partial charge in [-0.1, -0.05) is 22.6 Å². The smallest absolute Gasteiger partial charge is 0.246 e. The van der Waals surface area contributed by atoms with Crippen molar-refractivity contribution in [3.8, 4) is 0 Å². The molecule has 0 spiro atoms. The van der Waals surface area contributed by atoms with Gasteiger partial charge in [0.25, 0.3) is 0 Å². The van der Waals surface area contributed by atoms with E-state index in [-0.39, 0.29) is 0 Å². The molecule has 0 atom stereocenters. The highest BCUT2D eigenvalue weighted by Crippen LogP contribution is 1.85. The molecule has 0 aliphatic heterocycles. The van der Waals surface area contributed by atoms with E-state index in [4.69, 9.17) is 0 Å². The van der Waals surface area contributed by atoms with E-state index < -0.39 is 0 Å². The van der Waals surface area contributed by atoms with Gasteiger partial charge in [0.05, 0.1) is 0 Å². The number of halogens is 1. The van der Waals surface area contributed by atoms with Crippen molar-refractivity contribution >= 4 is 33.1 Å². The highest BCUT2D eigenvalue weighted by atomic mass is 127. The van der Waals surface area contributed by atoms with Crippen LogP contribution in [0.5, 0.6) is 0 Å². The molecule has 6 heavy (non-hydrogen) atoms. The van der Waals surface area contributed by atoms with Gasteiger partial charge in [0.2, 0.25) is 10.5 Å². The second kappa shape index (κ2) is 5.91. The molecule has 0 bridgehead atoms. The van der Waals surface area contributed by atoms with Crippen LogP contribution in [0.25, 0.3) is 0 Å². The molecule has 3 heteroatoms. The Morgan fingerprint density at radius 1 is 1.67 bits per heavy atom. The van der Waals surface area contributed by atoms with Crippen LogP contribution >= 0.6 is 22.6 Å². The van der Waals surface area contributed by atoms with Crippen molar-refractivity contribution in [2.45, 2.75) is 6.42 Å². The third-order valence-electron chi connectivity index (χ3n) is 0.380. The van der Waals surface area contributed by atoms with Crippen molar-refractivity contribution in [2.24, 2.45) is 0 Å². The number of alkyl halides is 1. The van der Waals surface area contributed by atoms with Gasteiger partial charge in [0.1, 0.15) is 0 Å². The van der Waals surface area contributed by atoms with Crippen LogP contribution in [0.4, 0.5) is 0 Å². The minimum atomic E-state index is 0.819. The maximum atomic E-state index is 4.58. The van der Waals surface area contributed by atoms with Gasteiger partial charge in [0.15, 0.2) is 0 Å². The predicted molar refractivity (Wildman–Crippen MR) is 35.2 cm³/mol. The third kappa shape index (κ3) is 4.91. The van der Waals surface area contributed by atoms with E-state index in [0.717, 1.165) is 13.0 Å². The van der Waals surface area contributed by atoms with E-state index >= 15 is 0 Å². The molecule has 1 nitrogen and oxygen atoms in total. The average molecular weight is 213 g/mol. The Hall–Kier alpha value is 0.907. The van der Waals surface area contributed by atoms with E-state index in [1.807, 2.05) is 0 Å². The molecular weight excluding hydrogens is 207 g/mol. The zero-order valence-electron chi connectivity index (χ0n) is 3.41. The van der Waals surface area contributed by atoms with Crippen LogP contribution in [-0.4, -0.2) is 21.5 Å². The van der Waals surface area contributed by atoms with Gasteiger partial charge in [-0.25, -0.2) is 0 Å². The molecular formula is C3H6IOSi. The Morgan fingerprint density at radius 2 is 2.33 bits per heavy atom. The predicted octanol–water partition coefficient (Wildman–Crippen LogP) is 0.912. The SMILES string of the molecule is [Si]OCCCI. The van der Waals surface area contributed by atoms with E-state index in [2.05, 4.69) is 37.5 Å². The lowest BCUT2D eigenvalue weighted by molar-refractivity contribution is 0.351. The first-order valence-electron chi connectivity index (χ1n) is 1.76. The van der Waals surface area contributed by atoms with Gasteiger partial charge in [-0.3, -0.25) is 0 Å². The number of hydrogen-bond donors (Lipinski definition) is 0. The Bertz CT molecular complexity index is 22.8. The van der Waals surface area contributed by atoms with Gasteiger partial charge in [-0.15, -0.1) is 0 Å². The second-order valence-electron chi connectivity index (χ2n) is 0.891. The van der Waals surface area contributed by atoms with E-state index in [1.165, 1.54) is 4.43 Å². The average Bonchev–Trinajstić information content (AvgIpc) is 1.61. The van der Waals surface area contributed by atoms with Crippen LogP contribution in [0.2, 0.25) is 0 Å². The summed E-state index contributed by atoms with van der Waals surface area (Å²) in [7, 11) is 2.89.